The molecule has 3 rings (SSSR count). The standard InChI is InChI=1S/C15H10F2N2O3/c16-8-5-6-11(14(17)13(8)15(18)20)21-7-12-19-9-3-1-2-4-10(9)22-12/h1-6H,7H2,(H2,18,20). The molecule has 3 aromatic rings. The van der Waals surface area contributed by atoms with Crippen LogP contribution in [0.25, 0.3) is 11.1 Å². The van der Waals surface area contributed by atoms with Crippen molar-refractivity contribution in [3.63, 3.8) is 0 Å². The lowest BCUT2D eigenvalue weighted by atomic mass is 10.1. The molecule has 2 N–H and O–H groups in total. The zero-order chi connectivity index (χ0) is 15.7. The van der Waals surface area contributed by atoms with E-state index in [-0.39, 0.29) is 18.2 Å². The van der Waals surface area contributed by atoms with Gasteiger partial charge in [0.2, 0.25) is 5.89 Å². The van der Waals surface area contributed by atoms with Crippen LogP contribution in [0.4, 0.5) is 8.78 Å². The number of carbonyl (C=O) groups is 1. The van der Waals surface area contributed by atoms with Crippen molar-refractivity contribution in [1.29, 1.82) is 0 Å². The molecule has 0 aliphatic rings. The number of halogens is 2. The molecule has 0 aliphatic carbocycles. The molecule has 0 spiro atoms. The maximum Gasteiger partial charge on any atom is 0.254 e. The maximum absolute atomic E-state index is 14.0. The predicted octanol–water partition coefficient (Wildman–Crippen LogP) is 2.78. The summed E-state index contributed by atoms with van der Waals surface area (Å²) in [4.78, 5) is 15.2. The van der Waals surface area contributed by atoms with Crippen molar-refractivity contribution < 1.29 is 22.7 Å². The van der Waals surface area contributed by atoms with Gasteiger partial charge in [0, 0.05) is 0 Å². The van der Waals surface area contributed by atoms with Gasteiger partial charge < -0.3 is 14.9 Å². The quantitative estimate of drug-likeness (QED) is 0.804. The molecular weight excluding hydrogens is 294 g/mol. The van der Waals surface area contributed by atoms with E-state index in [0.717, 1.165) is 12.1 Å². The van der Waals surface area contributed by atoms with E-state index >= 15 is 0 Å². The highest BCUT2D eigenvalue weighted by Gasteiger charge is 2.19. The van der Waals surface area contributed by atoms with Gasteiger partial charge >= 0.3 is 0 Å². The third-order valence-electron chi connectivity index (χ3n) is 2.99. The van der Waals surface area contributed by atoms with E-state index in [0.29, 0.717) is 11.1 Å². The first-order valence-electron chi connectivity index (χ1n) is 6.31. The molecule has 1 heterocycles. The van der Waals surface area contributed by atoms with Crippen molar-refractivity contribution in [2.45, 2.75) is 6.61 Å². The molecule has 0 radical (unpaired) electrons. The van der Waals surface area contributed by atoms with Crippen LogP contribution >= 0.6 is 0 Å². The first-order chi connectivity index (χ1) is 10.6. The number of hydrogen-bond acceptors (Lipinski definition) is 4. The second-order valence-corrected chi connectivity index (χ2v) is 4.46. The molecule has 1 aromatic heterocycles. The summed E-state index contributed by atoms with van der Waals surface area (Å²) in [6, 6.07) is 9.05. The average Bonchev–Trinajstić information content (AvgIpc) is 2.89. The summed E-state index contributed by atoms with van der Waals surface area (Å²) in [5.41, 5.74) is 5.30. The average molecular weight is 304 g/mol. The number of rotatable bonds is 4. The van der Waals surface area contributed by atoms with E-state index < -0.39 is 23.1 Å². The van der Waals surface area contributed by atoms with Gasteiger partial charge in [-0.2, -0.15) is 0 Å². The number of amides is 1. The fraction of sp³-hybridized carbons (Fsp3) is 0.0667. The summed E-state index contributed by atoms with van der Waals surface area (Å²) in [5, 5.41) is 0. The van der Waals surface area contributed by atoms with Gasteiger partial charge in [0.25, 0.3) is 5.91 Å². The number of nitrogens with two attached hydrogens (primary N) is 1. The molecule has 0 fully saturated rings. The molecule has 0 atom stereocenters. The van der Waals surface area contributed by atoms with E-state index in [1.165, 1.54) is 0 Å². The van der Waals surface area contributed by atoms with E-state index in [9.17, 15) is 13.6 Å². The lowest BCUT2D eigenvalue weighted by molar-refractivity contribution is 0.0991. The van der Waals surface area contributed by atoms with Crippen molar-refractivity contribution in [3.05, 3.63) is 59.5 Å². The number of nitrogens with zero attached hydrogens (tertiary/aromatic N) is 1. The third-order valence-corrected chi connectivity index (χ3v) is 2.99. The monoisotopic (exact) mass is 304 g/mol. The van der Waals surface area contributed by atoms with E-state index in [1.807, 2.05) is 0 Å². The molecule has 112 valence electrons. The molecular formula is C15H10F2N2O3. The Morgan fingerprint density at radius 1 is 1.23 bits per heavy atom. The van der Waals surface area contributed by atoms with Gasteiger partial charge in [-0.25, -0.2) is 13.8 Å². The van der Waals surface area contributed by atoms with Crippen molar-refractivity contribution in [1.82, 2.24) is 4.98 Å². The molecule has 0 saturated heterocycles. The fourth-order valence-electron chi connectivity index (χ4n) is 1.99. The van der Waals surface area contributed by atoms with Gasteiger partial charge in [-0.3, -0.25) is 4.79 Å². The topological polar surface area (TPSA) is 78.4 Å². The minimum atomic E-state index is -1.21. The molecule has 1 amide bonds. The third kappa shape index (κ3) is 2.48. The van der Waals surface area contributed by atoms with Crippen LogP contribution in [0.15, 0.2) is 40.8 Å². The van der Waals surface area contributed by atoms with Crippen LogP contribution in [0.1, 0.15) is 16.2 Å². The van der Waals surface area contributed by atoms with Crippen molar-refractivity contribution in [3.8, 4) is 5.75 Å². The zero-order valence-electron chi connectivity index (χ0n) is 11.2. The van der Waals surface area contributed by atoms with Crippen molar-refractivity contribution in [2.24, 2.45) is 5.73 Å². The summed E-state index contributed by atoms with van der Waals surface area (Å²) >= 11 is 0. The molecule has 0 unspecified atom stereocenters. The van der Waals surface area contributed by atoms with Gasteiger partial charge in [-0.15, -0.1) is 0 Å². The number of fused-ring (bicyclic) bond motifs is 1. The number of oxazole rings is 1. The number of ether oxygens (including phenoxy) is 1. The fourth-order valence-corrected chi connectivity index (χ4v) is 1.99. The van der Waals surface area contributed by atoms with Crippen LogP contribution in [0, 0.1) is 11.6 Å². The Morgan fingerprint density at radius 3 is 2.73 bits per heavy atom. The Hall–Kier alpha value is -2.96. The molecule has 7 heteroatoms. The normalized spacial score (nSPS) is 10.8. The van der Waals surface area contributed by atoms with Crippen LogP contribution in [0.2, 0.25) is 0 Å². The lowest BCUT2D eigenvalue weighted by Crippen LogP contribution is -2.16. The second-order valence-electron chi connectivity index (χ2n) is 4.46. The van der Waals surface area contributed by atoms with Gasteiger partial charge in [0.1, 0.15) is 16.9 Å². The highest BCUT2D eigenvalue weighted by Crippen LogP contribution is 2.24. The van der Waals surface area contributed by atoms with Crippen LogP contribution in [0.5, 0.6) is 5.75 Å². The van der Waals surface area contributed by atoms with Gasteiger partial charge in [-0.05, 0) is 24.3 Å². The Kier molecular flexibility index (Phi) is 3.46. The summed E-state index contributed by atoms with van der Waals surface area (Å²) in [7, 11) is 0. The zero-order valence-corrected chi connectivity index (χ0v) is 11.2. The molecule has 0 aliphatic heterocycles. The minimum Gasteiger partial charge on any atom is -0.481 e. The number of hydrogen-bond donors (Lipinski definition) is 1. The predicted molar refractivity (Wildman–Crippen MR) is 73.2 cm³/mol. The smallest absolute Gasteiger partial charge is 0.254 e. The second kappa shape index (κ2) is 5.44. The first-order valence-corrected chi connectivity index (χ1v) is 6.31. The molecule has 2 aromatic carbocycles. The Morgan fingerprint density at radius 2 is 2.00 bits per heavy atom. The van der Waals surface area contributed by atoms with Gasteiger partial charge in [0.15, 0.2) is 23.8 Å². The summed E-state index contributed by atoms with van der Waals surface area (Å²) in [5.74, 6) is -3.48. The van der Waals surface area contributed by atoms with Crippen LogP contribution in [-0.4, -0.2) is 10.9 Å². The van der Waals surface area contributed by atoms with Gasteiger partial charge in [-0.1, -0.05) is 12.1 Å². The minimum absolute atomic E-state index is 0.171. The Balaban J connectivity index is 1.84. The van der Waals surface area contributed by atoms with Gasteiger partial charge in [0.05, 0.1) is 0 Å². The van der Waals surface area contributed by atoms with E-state index in [2.05, 4.69) is 4.98 Å². The molecule has 0 saturated carbocycles. The SMILES string of the molecule is NC(=O)c1c(F)ccc(OCc2nc3ccccc3o2)c1F. The highest BCUT2D eigenvalue weighted by molar-refractivity contribution is 5.93. The van der Waals surface area contributed by atoms with Crippen LogP contribution in [-0.2, 0) is 6.61 Å². The summed E-state index contributed by atoms with van der Waals surface area (Å²) in [6.45, 7) is -0.171. The summed E-state index contributed by atoms with van der Waals surface area (Å²) in [6.07, 6.45) is 0. The Labute approximate surface area is 123 Å². The van der Waals surface area contributed by atoms with Crippen molar-refractivity contribution in [2.75, 3.05) is 0 Å². The Bertz CT molecular complexity index is 828. The van der Waals surface area contributed by atoms with E-state index in [1.54, 1.807) is 24.3 Å². The number of aromatic nitrogens is 1. The molecule has 22 heavy (non-hydrogen) atoms. The number of benzene rings is 2. The molecule has 5 nitrogen and oxygen atoms in total. The van der Waals surface area contributed by atoms with E-state index in [4.69, 9.17) is 14.9 Å². The van der Waals surface area contributed by atoms with Crippen LogP contribution < -0.4 is 10.5 Å². The maximum atomic E-state index is 14.0. The number of para-hydroxylation sites is 2. The largest absolute Gasteiger partial charge is 0.481 e. The lowest BCUT2D eigenvalue weighted by Gasteiger charge is -2.07. The number of primary amides is 1. The van der Waals surface area contributed by atoms with Crippen molar-refractivity contribution >= 4 is 17.0 Å². The van der Waals surface area contributed by atoms with Crippen LogP contribution in [0.3, 0.4) is 0 Å². The number of carbonyl (C=O) groups excluding carboxylic acids is 1. The molecule has 0 bridgehead atoms. The summed E-state index contributed by atoms with van der Waals surface area (Å²) < 4.78 is 37.9. The highest BCUT2D eigenvalue weighted by atomic mass is 19.1. The first kappa shape index (κ1) is 14.0.